The highest BCUT2D eigenvalue weighted by Gasteiger charge is 2.16. The van der Waals surface area contributed by atoms with Crippen LogP contribution in [0.25, 0.3) is 10.8 Å². The van der Waals surface area contributed by atoms with Gasteiger partial charge in [-0.25, -0.2) is 8.42 Å². The molecule has 0 atom stereocenters. The van der Waals surface area contributed by atoms with E-state index >= 15 is 0 Å². The molecule has 1 aromatic heterocycles. The molecule has 0 N–H and O–H groups in total. The zero-order valence-electron chi connectivity index (χ0n) is 7.94. The van der Waals surface area contributed by atoms with Crippen LogP contribution in [0.3, 0.4) is 0 Å². The number of aromatic nitrogens is 1. The number of hydrogen-bond donors (Lipinski definition) is 0. The topological polar surface area (TPSA) is 47.0 Å². The Morgan fingerprint density at radius 1 is 1.27 bits per heavy atom. The van der Waals surface area contributed by atoms with Crippen LogP contribution in [0.2, 0.25) is 0 Å². The maximum Gasteiger partial charge on any atom is 0.262 e. The lowest BCUT2D eigenvalue weighted by Gasteiger charge is -2.05. The van der Waals surface area contributed by atoms with E-state index in [1.807, 2.05) is 6.07 Å². The molecule has 78 valence electrons. The monoisotopic (exact) mass is 241 g/mol. The van der Waals surface area contributed by atoms with Crippen LogP contribution in [-0.4, -0.2) is 13.4 Å². The highest BCUT2D eigenvalue weighted by atomic mass is 35.7. The van der Waals surface area contributed by atoms with Gasteiger partial charge in [0.25, 0.3) is 9.05 Å². The molecule has 0 aliphatic rings. The Bertz CT molecular complexity index is 622. The Balaban J connectivity index is 2.99. The number of pyridine rings is 1. The van der Waals surface area contributed by atoms with Crippen molar-refractivity contribution in [1.82, 2.24) is 4.98 Å². The molecule has 0 unspecified atom stereocenters. The van der Waals surface area contributed by atoms with Gasteiger partial charge in [0.15, 0.2) is 0 Å². The van der Waals surface area contributed by atoms with Crippen LogP contribution in [0.1, 0.15) is 5.56 Å². The second-order valence-corrected chi connectivity index (χ2v) is 5.75. The van der Waals surface area contributed by atoms with E-state index in [-0.39, 0.29) is 4.90 Å². The van der Waals surface area contributed by atoms with Crippen molar-refractivity contribution in [1.29, 1.82) is 0 Å². The van der Waals surface area contributed by atoms with Crippen LogP contribution in [-0.2, 0) is 9.05 Å². The largest absolute Gasteiger partial charge is 0.264 e. The first-order valence-corrected chi connectivity index (χ1v) is 6.59. The summed E-state index contributed by atoms with van der Waals surface area (Å²) >= 11 is 0. The van der Waals surface area contributed by atoms with E-state index in [0.29, 0.717) is 10.9 Å². The van der Waals surface area contributed by atoms with Crippen LogP contribution in [0, 0.1) is 6.92 Å². The quantitative estimate of drug-likeness (QED) is 0.721. The number of nitrogens with zero attached hydrogens (tertiary/aromatic N) is 1. The van der Waals surface area contributed by atoms with Crippen LogP contribution in [0.15, 0.2) is 35.5 Å². The molecule has 0 spiro atoms. The molecule has 2 aromatic rings. The van der Waals surface area contributed by atoms with Gasteiger partial charge in [-0.1, -0.05) is 12.1 Å². The predicted octanol–water partition coefficient (Wildman–Crippen LogP) is 2.47. The van der Waals surface area contributed by atoms with Crippen molar-refractivity contribution in [3.05, 3.63) is 36.2 Å². The lowest BCUT2D eigenvalue weighted by atomic mass is 10.1. The third-order valence-corrected chi connectivity index (χ3v) is 3.70. The number of hydrogen-bond acceptors (Lipinski definition) is 3. The van der Waals surface area contributed by atoms with Gasteiger partial charge >= 0.3 is 0 Å². The van der Waals surface area contributed by atoms with Crippen molar-refractivity contribution in [2.24, 2.45) is 0 Å². The molecule has 3 nitrogen and oxygen atoms in total. The van der Waals surface area contributed by atoms with Crippen LogP contribution in [0.5, 0.6) is 0 Å². The first kappa shape index (κ1) is 10.4. The molecule has 0 aliphatic carbocycles. The van der Waals surface area contributed by atoms with E-state index < -0.39 is 9.05 Å². The number of aryl methyl sites for hydroxylation is 1. The summed E-state index contributed by atoms with van der Waals surface area (Å²) < 4.78 is 22.8. The summed E-state index contributed by atoms with van der Waals surface area (Å²) in [6.45, 7) is 1.72. The van der Waals surface area contributed by atoms with Crippen molar-refractivity contribution in [3.63, 3.8) is 0 Å². The zero-order chi connectivity index (χ0) is 11.1. The SMILES string of the molecule is Cc1ccc2cnccc2c1S(=O)(=O)Cl. The minimum absolute atomic E-state index is 0.170. The van der Waals surface area contributed by atoms with Crippen LogP contribution >= 0.6 is 10.7 Å². The summed E-state index contributed by atoms with van der Waals surface area (Å²) in [6.07, 6.45) is 3.16. The summed E-state index contributed by atoms with van der Waals surface area (Å²) in [5, 5.41) is 1.38. The number of benzene rings is 1. The van der Waals surface area contributed by atoms with Crippen molar-refractivity contribution in [2.75, 3.05) is 0 Å². The second-order valence-electron chi connectivity index (χ2n) is 3.25. The molecule has 0 amide bonds. The average Bonchev–Trinajstić information content (AvgIpc) is 2.15. The average molecular weight is 242 g/mol. The van der Waals surface area contributed by atoms with E-state index in [2.05, 4.69) is 4.98 Å². The molecule has 15 heavy (non-hydrogen) atoms. The minimum Gasteiger partial charge on any atom is -0.264 e. The minimum atomic E-state index is -3.72. The Hall–Kier alpha value is -1.13. The van der Waals surface area contributed by atoms with Gasteiger partial charge in [-0.3, -0.25) is 4.98 Å². The van der Waals surface area contributed by atoms with Gasteiger partial charge in [-0.2, -0.15) is 0 Å². The number of fused-ring (bicyclic) bond motifs is 1. The predicted molar refractivity (Wildman–Crippen MR) is 59.5 cm³/mol. The van der Waals surface area contributed by atoms with E-state index in [1.54, 1.807) is 31.5 Å². The van der Waals surface area contributed by atoms with Crippen LogP contribution in [0.4, 0.5) is 0 Å². The van der Waals surface area contributed by atoms with Gasteiger partial charge in [0.1, 0.15) is 0 Å². The van der Waals surface area contributed by atoms with Crippen molar-refractivity contribution < 1.29 is 8.42 Å². The Morgan fingerprint density at radius 3 is 2.67 bits per heavy atom. The summed E-state index contributed by atoms with van der Waals surface area (Å²) in [6, 6.07) is 5.19. The maximum atomic E-state index is 11.4. The molecule has 1 heterocycles. The molecule has 5 heteroatoms. The van der Waals surface area contributed by atoms with Gasteiger partial charge in [-0.15, -0.1) is 0 Å². The first-order chi connectivity index (χ1) is 7.00. The first-order valence-electron chi connectivity index (χ1n) is 4.28. The summed E-state index contributed by atoms with van der Waals surface area (Å²) in [5.41, 5.74) is 0.642. The standard InChI is InChI=1S/C10H8ClNO2S/c1-7-2-3-8-6-12-5-4-9(8)10(7)15(11,13)14/h2-6H,1H3. The summed E-state index contributed by atoms with van der Waals surface area (Å²) in [5.74, 6) is 0. The molecule has 0 fully saturated rings. The molecule has 1 aromatic carbocycles. The van der Waals surface area contributed by atoms with Gasteiger partial charge in [0.2, 0.25) is 0 Å². The van der Waals surface area contributed by atoms with E-state index in [1.165, 1.54) is 0 Å². The molecular weight excluding hydrogens is 234 g/mol. The summed E-state index contributed by atoms with van der Waals surface area (Å²) in [4.78, 5) is 4.10. The summed E-state index contributed by atoms with van der Waals surface area (Å²) in [7, 11) is 1.68. The van der Waals surface area contributed by atoms with E-state index in [4.69, 9.17) is 10.7 Å². The molecule has 0 saturated carbocycles. The van der Waals surface area contributed by atoms with Gasteiger partial charge < -0.3 is 0 Å². The Kier molecular flexibility index (Phi) is 2.40. The fraction of sp³-hybridized carbons (Fsp3) is 0.100. The fourth-order valence-electron chi connectivity index (χ4n) is 1.57. The molecule has 0 bridgehead atoms. The highest BCUT2D eigenvalue weighted by molar-refractivity contribution is 8.14. The van der Waals surface area contributed by atoms with Crippen molar-refractivity contribution >= 4 is 30.5 Å². The van der Waals surface area contributed by atoms with Crippen molar-refractivity contribution in [3.8, 4) is 0 Å². The molecule has 2 rings (SSSR count). The normalized spacial score (nSPS) is 11.9. The third-order valence-electron chi connectivity index (χ3n) is 2.21. The van der Waals surface area contributed by atoms with Crippen LogP contribution < -0.4 is 0 Å². The van der Waals surface area contributed by atoms with E-state index in [0.717, 1.165) is 5.39 Å². The van der Waals surface area contributed by atoms with Gasteiger partial charge in [0, 0.05) is 33.8 Å². The molecule has 0 radical (unpaired) electrons. The number of rotatable bonds is 1. The maximum absolute atomic E-state index is 11.4. The molecular formula is C10H8ClNO2S. The zero-order valence-corrected chi connectivity index (χ0v) is 9.51. The molecule has 0 saturated heterocycles. The molecule has 0 aliphatic heterocycles. The van der Waals surface area contributed by atoms with Crippen molar-refractivity contribution in [2.45, 2.75) is 11.8 Å². The number of halogens is 1. The second kappa shape index (κ2) is 3.47. The lowest BCUT2D eigenvalue weighted by molar-refractivity contribution is 0.610. The smallest absolute Gasteiger partial charge is 0.262 e. The fourth-order valence-corrected chi connectivity index (χ4v) is 3.09. The Labute approximate surface area is 92.1 Å². The highest BCUT2D eigenvalue weighted by Crippen LogP contribution is 2.28. The van der Waals surface area contributed by atoms with E-state index in [9.17, 15) is 8.42 Å². The third kappa shape index (κ3) is 1.82. The lowest BCUT2D eigenvalue weighted by Crippen LogP contribution is -1.96. The van der Waals surface area contributed by atoms with Gasteiger partial charge in [0.05, 0.1) is 4.90 Å². The Morgan fingerprint density at radius 2 is 2.00 bits per heavy atom. The van der Waals surface area contributed by atoms with Gasteiger partial charge in [-0.05, 0) is 18.6 Å².